The SMILES string of the molecule is NNc1cccc(Sc2ccc(Cl)cc2)c1[N+](=O)[O-]. The number of hydrogen-bond donors (Lipinski definition) is 2. The van der Waals surface area contributed by atoms with Crippen molar-refractivity contribution in [2.24, 2.45) is 5.84 Å². The number of halogens is 1. The van der Waals surface area contributed by atoms with Crippen molar-refractivity contribution in [3.8, 4) is 0 Å². The van der Waals surface area contributed by atoms with Crippen molar-refractivity contribution in [1.82, 2.24) is 0 Å². The number of para-hydroxylation sites is 1. The molecule has 2 aromatic carbocycles. The average molecular weight is 296 g/mol. The third-order valence-electron chi connectivity index (χ3n) is 2.38. The number of benzene rings is 2. The van der Waals surface area contributed by atoms with E-state index >= 15 is 0 Å². The molecule has 0 saturated carbocycles. The van der Waals surface area contributed by atoms with Gasteiger partial charge in [0.05, 0.1) is 9.82 Å². The summed E-state index contributed by atoms with van der Waals surface area (Å²) in [6.45, 7) is 0. The Labute approximate surface area is 118 Å². The van der Waals surface area contributed by atoms with Gasteiger partial charge in [-0.3, -0.25) is 16.0 Å². The minimum absolute atomic E-state index is 0.0371. The number of nitrogens with one attached hydrogen (secondary N) is 1. The molecule has 7 heteroatoms. The first kappa shape index (κ1) is 13.7. The molecule has 19 heavy (non-hydrogen) atoms. The van der Waals surface area contributed by atoms with E-state index in [1.54, 1.807) is 42.5 Å². The Morgan fingerprint density at radius 3 is 2.47 bits per heavy atom. The lowest BCUT2D eigenvalue weighted by Gasteiger charge is -2.07. The van der Waals surface area contributed by atoms with Crippen molar-refractivity contribution >= 4 is 34.7 Å². The first-order valence-electron chi connectivity index (χ1n) is 5.29. The fourth-order valence-electron chi connectivity index (χ4n) is 1.54. The van der Waals surface area contributed by atoms with Gasteiger partial charge in [-0.15, -0.1) is 0 Å². The molecule has 0 heterocycles. The normalized spacial score (nSPS) is 10.2. The van der Waals surface area contributed by atoms with E-state index < -0.39 is 4.92 Å². The molecule has 0 atom stereocenters. The second-order valence-electron chi connectivity index (χ2n) is 3.61. The summed E-state index contributed by atoms with van der Waals surface area (Å²) in [4.78, 5) is 12.0. The van der Waals surface area contributed by atoms with Gasteiger partial charge in [-0.1, -0.05) is 29.4 Å². The Morgan fingerprint density at radius 2 is 1.89 bits per heavy atom. The van der Waals surface area contributed by atoms with Crippen LogP contribution in [-0.2, 0) is 0 Å². The molecule has 0 radical (unpaired) electrons. The van der Waals surface area contributed by atoms with Crippen LogP contribution in [0.5, 0.6) is 0 Å². The summed E-state index contributed by atoms with van der Waals surface area (Å²) in [6.07, 6.45) is 0. The zero-order chi connectivity index (χ0) is 13.8. The van der Waals surface area contributed by atoms with E-state index in [4.69, 9.17) is 17.4 Å². The van der Waals surface area contributed by atoms with E-state index in [0.29, 0.717) is 9.92 Å². The number of hydrazine groups is 1. The Balaban J connectivity index is 2.39. The molecule has 0 fully saturated rings. The highest BCUT2D eigenvalue weighted by molar-refractivity contribution is 7.99. The van der Waals surface area contributed by atoms with E-state index in [2.05, 4.69) is 5.43 Å². The maximum atomic E-state index is 11.1. The summed E-state index contributed by atoms with van der Waals surface area (Å²) in [7, 11) is 0. The molecule has 0 spiro atoms. The van der Waals surface area contributed by atoms with Crippen molar-refractivity contribution in [3.05, 3.63) is 57.6 Å². The summed E-state index contributed by atoms with van der Waals surface area (Å²) in [6, 6.07) is 12.0. The topological polar surface area (TPSA) is 81.2 Å². The zero-order valence-electron chi connectivity index (χ0n) is 9.67. The van der Waals surface area contributed by atoms with Gasteiger partial charge in [0.15, 0.2) is 0 Å². The molecule has 0 aliphatic carbocycles. The van der Waals surface area contributed by atoms with Gasteiger partial charge >= 0.3 is 5.69 Å². The molecule has 0 unspecified atom stereocenters. The lowest BCUT2D eigenvalue weighted by Crippen LogP contribution is -2.09. The van der Waals surface area contributed by atoms with Gasteiger partial charge in [-0.25, -0.2) is 0 Å². The number of rotatable bonds is 4. The molecule has 0 aromatic heterocycles. The van der Waals surface area contributed by atoms with Crippen molar-refractivity contribution in [2.45, 2.75) is 9.79 Å². The monoisotopic (exact) mass is 295 g/mol. The average Bonchev–Trinajstić information content (AvgIpc) is 2.40. The van der Waals surface area contributed by atoms with E-state index in [9.17, 15) is 10.1 Å². The molecule has 0 bridgehead atoms. The van der Waals surface area contributed by atoms with Crippen LogP contribution in [0.3, 0.4) is 0 Å². The van der Waals surface area contributed by atoms with Crippen LogP contribution in [0.15, 0.2) is 52.3 Å². The first-order valence-corrected chi connectivity index (χ1v) is 6.48. The van der Waals surface area contributed by atoms with Crippen molar-refractivity contribution < 1.29 is 4.92 Å². The molecule has 0 saturated heterocycles. The van der Waals surface area contributed by atoms with Crippen LogP contribution in [0.4, 0.5) is 11.4 Å². The molecule has 2 rings (SSSR count). The van der Waals surface area contributed by atoms with Crippen LogP contribution in [-0.4, -0.2) is 4.92 Å². The minimum atomic E-state index is -0.451. The Kier molecular flexibility index (Phi) is 4.26. The molecule has 0 aliphatic heterocycles. The Morgan fingerprint density at radius 1 is 1.21 bits per heavy atom. The molecule has 3 N–H and O–H groups in total. The maximum absolute atomic E-state index is 11.1. The molecular weight excluding hydrogens is 286 g/mol. The van der Waals surface area contributed by atoms with Gasteiger partial charge in [0.1, 0.15) is 5.69 Å². The highest BCUT2D eigenvalue weighted by Crippen LogP contribution is 2.39. The number of nitro groups is 1. The molecule has 5 nitrogen and oxygen atoms in total. The highest BCUT2D eigenvalue weighted by Gasteiger charge is 2.19. The van der Waals surface area contributed by atoms with Gasteiger partial charge in [-0.05, 0) is 36.4 Å². The van der Waals surface area contributed by atoms with E-state index in [1.165, 1.54) is 11.8 Å². The van der Waals surface area contributed by atoms with Gasteiger partial charge in [-0.2, -0.15) is 0 Å². The predicted molar refractivity (Wildman–Crippen MR) is 76.5 cm³/mol. The van der Waals surface area contributed by atoms with Crippen LogP contribution in [0, 0.1) is 10.1 Å². The van der Waals surface area contributed by atoms with Crippen LogP contribution in [0.2, 0.25) is 5.02 Å². The second kappa shape index (κ2) is 5.92. The van der Waals surface area contributed by atoms with Crippen molar-refractivity contribution in [3.63, 3.8) is 0 Å². The number of anilines is 1. The predicted octanol–water partition coefficient (Wildman–Crippen LogP) is 3.69. The van der Waals surface area contributed by atoms with Gasteiger partial charge in [0, 0.05) is 9.92 Å². The standard InChI is InChI=1S/C12H10ClN3O2S/c13-8-4-6-9(7-5-8)19-11-3-1-2-10(15-14)12(11)16(17)18/h1-7,15H,14H2. The third-order valence-corrected chi connectivity index (χ3v) is 3.69. The van der Waals surface area contributed by atoms with Gasteiger partial charge in [0.25, 0.3) is 0 Å². The summed E-state index contributed by atoms with van der Waals surface area (Å²) in [5.41, 5.74) is 2.58. The van der Waals surface area contributed by atoms with Crippen molar-refractivity contribution in [1.29, 1.82) is 0 Å². The van der Waals surface area contributed by atoms with Crippen LogP contribution in [0.25, 0.3) is 0 Å². The molecule has 0 amide bonds. The Hall–Kier alpha value is -1.76. The maximum Gasteiger partial charge on any atom is 0.307 e. The zero-order valence-corrected chi connectivity index (χ0v) is 11.2. The van der Waals surface area contributed by atoms with E-state index in [1.807, 2.05) is 0 Å². The second-order valence-corrected chi connectivity index (χ2v) is 5.16. The lowest BCUT2D eigenvalue weighted by atomic mass is 10.3. The van der Waals surface area contributed by atoms with Crippen LogP contribution >= 0.6 is 23.4 Å². The number of nitrogen functional groups attached to an aromatic ring is 1. The lowest BCUT2D eigenvalue weighted by molar-refractivity contribution is -0.386. The van der Waals surface area contributed by atoms with Gasteiger partial charge < -0.3 is 5.43 Å². The summed E-state index contributed by atoms with van der Waals surface area (Å²) < 4.78 is 0. The third kappa shape index (κ3) is 3.17. The Bertz CT molecular complexity index is 604. The van der Waals surface area contributed by atoms with Crippen LogP contribution in [0.1, 0.15) is 0 Å². The van der Waals surface area contributed by atoms with Crippen LogP contribution < -0.4 is 11.3 Å². The number of hydrogen-bond acceptors (Lipinski definition) is 5. The summed E-state index contributed by atoms with van der Waals surface area (Å²) in [5.74, 6) is 5.29. The van der Waals surface area contributed by atoms with Crippen molar-refractivity contribution in [2.75, 3.05) is 5.43 Å². The minimum Gasteiger partial charge on any atom is -0.318 e. The summed E-state index contributed by atoms with van der Waals surface area (Å²) in [5, 5.41) is 11.7. The number of nitrogens with two attached hydrogens (primary N) is 1. The van der Waals surface area contributed by atoms with E-state index in [-0.39, 0.29) is 11.4 Å². The quantitative estimate of drug-likeness (QED) is 0.511. The smallest absolute Gasteiger partial charge is 0.307 e. The van der Waals surface area contributed by atoms with E-state index in [0.717, 1.165) is 4.90 Å². The fraction of sp³-hybridized carbons (Fsp3) is 0. The molecule has 2 aromatic rings. The summed E-state index contributed by atoms with van der Waals surface area (Å²) >= 11 is 7.08. The van der Waals surface area contributed by atoms with Gasteiger partial charge in [0.2, 0.25) is 0 Å². The number of nitrogens with zero attached hydrogens (tertiary/aromatic N) is 1. The molecule has 0 aliphatic rings. The fourth-order valence-corrected chi connectivity index (χ4v) is 2.62. The number of nitro benzene ring substituents is 1. The molecular formula is C12H10ClN3O2S. The highest BCUT2D eigenvalue weighted by atomic mass is 35.5. The first-order chi connectivity index (χ1) is 9.11. The molecule has 98 valence electrons. The largest absolute Gasteiger partial charge is 0.318 e.